The van der Waals surface area contributed by atoms with E-state index in [1.807, 2.05) is 0 Å². The number of nitrogens with one attached hydrogen (secondary N) is 1. The van der Waals surface area contributed by atoms with Crippen LogP contribution in [0.5, 0.6) is 5.75 Å². The lowest BCUT2D eigenvalue weighted by molar-refractivity contribution is 0.0562. The molecule has 1 aromatic carbocycles. The van der Waals surface area contributed by atoms with Crippen molar-refractivity contribution in [2.75, 3.05) is 0 Å². The molecule has 2 rings (SSSR count). The minimum Gasteiger partial charge on any atom is -0.507 e. The number of carbonyl (C=O) groups is 1. The van der Waals surface area contributed by atoms with Crippen LogP contribution in [0.15, 0.2) is 22.7 Å². The SMILES string of the molecule is O=C(NC1CC(O)C1)c1ccc(Br)c(O)c1. The summed E-state index contributed by atoms with van der Waals surface area (Å²) < 4.78 is 0.558. The van der Waals surface area contributed by atoms with Gasteiger partial charge in [-0.2, -0.15) is 0 Å². The molecule has 1 amide bonds. The van der Waals surface area contributed by atoms with Crippen molar-refractivity contribution < 1.29 is 15.0 Å². The van der Waals surface area contributed by atoms with Crippen LogP contribution in [-0.2, 0) is 0 Å². The number of aliphatic hydroxyl groups is 1. The first-order chi connectivity index (χ1) is 7.56. The zero-order valence-electron chi connectivity index (χ0n) is 8.48. The van der Waals surface area contributed by atoms with Crippen molar-refractivity contribution in [1.82, 2.24) is 5.32 Å². The molecule has 86 valence electrons. The van der Waals surface area contributed by atoms with Gasteiger partial charge in [0, 0.05) is 11.6 Å². The number of hydrogen-bond acceptors (Lipinski definition) is 3. The number of benzene rings is 1. The number of rotatable bonds is 2. The van der Waals surface area contributed by atoms with Crippen molar-refractivity contribution in [2.45, 2.75) is 25.0 Å². The summed E-state index contributed by atoms with van der Waals surface area (Å²) in [5.74, 6) is -0.180. The van der Waals surface area contributed by atoms with E-state index in [2.05, 4.69) is 21.2 Å². The molecule has 0 saturated heterocycles. The van der Waals surface area contributed by atoms with Gasteiger partial charge in [-0.1, -0.05) is 0 Å². The van der Waals surface area contributed by atoms with Crippen LogP contribution in [0.2, 0.25) is 0 Å². The van der Waals surface area contributed by atoms with Crippen molar-refractivity contribution >= 4 is 21.8 Å². The Morgan fingerprint density at radius 1 is 1.44 bits per heavy atom. The predicted molar refractivity (Wildman–Crippen MR) is 62.3 cm³/mol. The molecule has 0 aromatic heterocycles. The Morgan fingerprint density at radius 2 is 2.12 bits per heavy atom. The molecule has 0 heterocycles. The first kappa shape index (κ1) is 11.4. The maximum Gasteiger partial charge on any atom is 0.251 e. The average molecular weight is 286 g/mol. The molecule has 1 fully saturated rings. The lowest BCUT2D eigenvalue weighted by Gasteiger charge is -2.31. The molecule has 1 aromatic rings. The van der Waals surface area contributed by atoms with Crippen LogP contribution in [-0.4, -0.2) is 28.3 Å². The zero-order valence-corrected chi connectivity index (χ0v) is 10.1. The molecule has 3 N–H and O–H groups in total. The van der Waals surface area contributed by atoms with Crippen LogP contribution in [0.3, 0.4) is 0 Å². The van der Waals surface area contributed by atoms with Gasteiger partial charge in [0.1, 0.15) is 5.75 Å². The van der Waals surface area contributed by atoms with Crippen LogP contribution in [0.4, 0.5) is 0 Å². The van der Waals surface area contributed by atoms with Gasteiger partial charge in [0.25, 0.3) is 5.91 Å². The van der Waals surface area contributed by atoms with Gasteiger partial charge < -0.3 is 15.5 Å². The van der Waals surface area contributed by atoms with E-state index in [1.54, 1.807) is 12.1 Å². The van der Waals surface area contributed by atoms with E-state index in [9.17, 15) is 9.90 Å². The third-order valence-electron chi connectivity index (χ3n) is 2.66. The van der Waals surface area contributed by atoms with Crippen molar-refractivity contribution in [3.63, 3.8) is 0 Å². The topological polar surface area (TPSA) is 69.6 Å². The van der Waals surface area contributed by atoms with Crippen molar-refractivity contribution in [2.24, 2.45) is 0 Å². The number of carbonyl (C=O) groups excluding carboxylic acids is 1. The summed E-state index contributed by atoms with van der Waals surface area (Å²) in [6.45, 7) is 0. The van der Waals surface area contributed by atoms with E-state index >= 15 is 0 Å². The zero-order chi connectivity index (χ0) is 11.7. The van der Waals surface area contributed by atoms with Crippen LogP contribution in [0, 0.1) is 0 Å². The Kier molecular flexibility index (Phi) is 3.16. The molecule has 1 aliphatic rings. The standard InChI is InChI=1S/C11H12BrNO3/c12-9-2-1-6(3-10(9)15)11(16)13-7-4-8(14)5-7/h1-3,7-8,14-15H,4-5H2,(H,13,16). The van der Waals surface area contributed by atoms with Gasteiger partial charge in [-0.25, -0.2) is 0 Å². The fourth-order valence-corrected chi connectivity index (χ4v) is 1.87. The van der Waals surface area contributed by atoms with Gasteiger partial charge in [0.05, 0.1) is 10.6 Å². The highest BCUT2D eigenvalue weighted by molar-refractivity contribution is 9.10. The number of aliphatic hydroxyl groups excluding tert-OH is 1. The number of phenolic OH excluding ortho intramolecular Hbond substituents is 1. The maximum absolute atomic E-state index is 11.7. The van der Waals surface area contributed by atoms with Crippen LogP contribution >= 0.6 is 15.9 Å². The molecule has 4 nitrogen and oxygen atoms in total. The molecule has 0 aliphatic heterocycles. The lowest BCUT2D eigenvalue weighted by atomic mass is 9.89. The number of phenols is 1. The second-order valence-electron chi connectivity index (χ2n) is 3.96. The molecule has 0 bridgehead atoms. The molecule has 0 unspecified atom stereocenters. The summed E-state index contributed by atoms with van der Waals surface area (Å²) in [5, 5.41) is 21.3. The minimum atomic E-state index is -0.288. The second kappa shape index (κ2) is 4.43. The number of halogens is 1. The van der Waals surface area contributed by atoms with Gasteiger partial charge in [0.2, 0.25) is 0 Å². The highest BCUT2D eigenvalue weighted by Gasteiger charge is 2.28. The fraction of sp³-hybridized carbons (Fsp3) is 0.364. The molecular weight excluding hydrogens is 274 g/mol. The molecule has 5 heteroatoms. The summed E-state index contributed by atoms with van der Waals surface area (Å²) in [7, 11) is 0. The summed E-state index contributed by atoms with van der Waals surface area (Å²) in [4.78, 5) is 11.7. The maximum atomic E-state index is 11.7. The molecule has 16 heavy (non-hydrogen) atoms. The second-order valence-corrected chi connectivity index (χ2v) is 4.82. The van der Waals surface area contributed by atoms with E-state index in [1.165, 1.54) is 6.07 Å². The number of aromatic hydroxyl groups is 1. The average Bonchev–Trinajstić information content (AvgIpc) is 2.19. The third-order valence-corrected chi connectivity index (χ3v) is 3.33. The summed E-state index contributed by atoms with van der Waals surface area (Å²) in [6.07, 6.45) is 0.922. The molecule has 1 saturated carbocycles. The van der Waals surface area contributed by atoms with Gasteiger partial charge in [-0.3, -0.25) is 4.79 Å². The first-order valence-corrected chi connectivity index (χ1v) is 5.83. The smallest absolute Gasteiger partial charge is 0.251 e. The van der Waals surface area contributed by atoms with Gasteiger partial charge in [-0.05, 0) is 47.0 Å². The molecule has 0 radical (unpaired) electrons. The first-order valence-electron chi connectivity index (χ1n) is 5.03. The highest BCUT2D eigenvalue weighted by atomic mass is 79.9. The van der Waals surface area contributed by atoms with Crippen molar-refractivity contribution in [3.8, 4) is 5.75 Å². The van der Waals surface area contributed by atoms with E-state index in [4.69, 9.17) is 5.11 Å². The summed E-state index contributed by atoms with van der Waals surface area (Å²) >= 11 is 3.15. The molecule has 1 aliphatic carbocycles. The van der Waals surface area contributed by atoms with E-state index < -0.39 is 0 Å². The highest BCUT2D eigenvalue weighted by Crippen LogP contribution is 2.25. The number of hydrogen-bond donors (Lipinski definition) is 3. The quantitative estimate of drug-likeness (QED) is 0.770. The Morgan fingerprint density at radius 3 is 2.69 bits per heavy atom. The van der Waals surface area contributed by atoms with Crippen molar-refractivity contribution in [3.05, 3.63) is 28.2 Å². The molecule has 0 atom stereocenters. The molecule has 0 spiro atoms. The Balaban J connectivity index is 2.01. The lowest BCUT2D eigenvalue weighted by Crippen LogP contribution is -2.46. The van der Waals surface area contributed by atoms with Gasteiger partial charge >= 0.3 is 0 Å². The number of amides is 1. The Labute approximate surface area is 101 Å². The Hall–Kier alpha value is -1.07. The minimum absolute atomic E-state index is 0.0429. The van der Waals surface area contributed by atoms with Crippen LogP contribution < -0.4 is 5.32 Å². The normalized spacial score (nSPS) is 23.6. The van der Waals surface area contributed by atoms with Crippen LogP contribution in [0.1, 0.15) is 23.2 Å². The monoisotopic (exact) mass is 285 g/mol. The third kappa shape index (κ3) is 2.36. The van der Waals surface area contributed by atoms with Crippen LogP contribution in [0.25, 0.3) is 0 Å². The van der Waals surface area contributed by atoms with E-state index in [-0.39, 0.29) is 23.8 Å². The predicted octanol–water partition coefficient (Wildman–Crippen LogP) is 1.41. The van der Waals surface area contributed by atoms with Gasteiger partial charge in [0.15, 0.2) is 0 Å². The summed E-state index contributed by atoms with van der Waals surface area (Å²) in [5.41, 5.74) is 0.419. The van der Waals surface area contributed by atoms with E-state index in [0.29, 0.717) is 22.9 Å². The van der Waals surface area contributed by atoms with Gasteiger partial charge in [-0.15, -0.1) is 0 Å². The largest absolute Gasteiger partial charge is 0.507 e. The van der Waals surface area contributed by atoms with E-state index in [0.717, 1.165) is 0 Å². The Bertz CT molecular complexity index is 416. The summed E-state index contributed by atoms with van der Waals surface area (Å²) in [6, 6.07) is 4.72. The fourth-order valence-electron chi connectivity index (χ4n) is 1.63. The van der Waals surface area contributed by atoms with Crippen molar-refractivity contribution in [1.29, 1.82) is 0 Å². The molecular formula is C11H12BrNO3.